The second-order valence-corrected chi connectivity index (χ2v) is 11.5. The number of benzene rings is 2. The highest BCUT2D eigenvalue weighted by Gasteiger charge is 2.38. The lowest BCUT2D eigenvalue weighted by Crippen LogP contribution is -2.30. The maximum atomic E-state index is 13.5. The Morgan fingerprint density at radius 3 is 2.31 bits per heavy atom. The summed E-state index contributed by atoms with van der Waals surface area (Å²) in [7, 11) is 0. The van der Waals surface area contributed by atoms with E-state index >= 15 is 0 Å². The summed E-state index contributed by atoms with van der Waals surface area (Å²) < 4.78 is 45.2. The number of halogens is 4. The number of thiophene rings is 1. The Balaban J connectivity index is 0.000000532. The van der Waals surface area contributed by atoms with E-state index in [0.29, 0.717) is 17.3 Å². The van der Waals surface area contributed by atoms with Gasteiger partial charge in [0.1, 0.15) is 5.82 Å². The molecule has 1 aliphatic heterocycles. The number of aliphatic carboxylic acids is 1. The molecular weight excluding hydrogens is 532 g/mol. The lowest BCUT2D eigenvalue weighted by atomic mass is 9.87. The van der Waals surface area contributed by atoms with Crippen LogP contribution in [0, 0.1) is 11.7 Å². The molecule has 1 saturated heterocycles. The van der Waals surface area contributed by atoms with Crippen LogP contribution >= 0.6 is 11.3 Å². The summed E-state index contributed by atoms with van der Waals surface area (Å²) in [6.07, 6.45) is -3.99. The zero-order chi connectivity index (χ0) is 28.8. The maximum Gasteiger partial charge on any atom is 0.490 e. The maximum absolute atomic E-state index is 13.5. The number of nitrogens with zero attached hydrogens (tertiary/aromatic N) is 1. The summed E-state index contributed by atoms with van der Waals surface area (Å²) >= 11 is 1.40. The van der Waals surface area contributed by atoms with Gasteiger partial charge in [0.2, 0.25) is 0 Å². The van der Waals surface area contributed by atoms with E-state index in [2.05, 4.69) is 55.3 Å². The van der Waals surface area contributed by atoms with Crippen molar-refractivity contribution >= 4 is 23.2 Å². The number of carboxylic acids is 1. The monoisotopic (exact) mass is 564 g/mol. The van der Waals surface area contributed by atoms with Crippen LogP contribution in [0.1, 0.15) is 48.0 Å². The summed E-state index contributed by atoms with van der Waals surface area (Å²) in [4.78, 5) is 24.6. The van der Waals surface area contributed by atoms with E-state index in [-0.39, 0.29) is 17.1 Å². The normalized spacial score (nSPS) is 15.9. The van der Waals surface area contributed by atoms with E-state index in [9.17, 15) is 22.4 Å². The number of carbonyl (C=O) groups is 2. The summed E-state index contributed by atoms with van der Waals surface area (Å²) in [5, 5.41) is 12.1. The molecule has 5 nitrogen and oxygen atoms in total. The molecule has 10 heteroatoms. The average molecular weight is 565 g/mol. The minimum atomic E-state index is -5.08. The molecule has 2 N–H and O–H groups in total. The van der Waals surface area contributed by atoms with Crippen molar-refractivity contribution in [2.75, 3.05) is 19.6 Å². The van der Waals surface area contributed by atoms with Gasteiger partial charge in [-0.1, -0.05) is 57.2 Å². The number of hydrogen-bond donors (Lipinski definition) is 2. The lowest BCUT2D eigenvalue weighted by molar-refractivity contribution is -0.192. The molecule has 0 spiro atoms. The van der Waals surface area contributed by atoms with Crippen LogP contribution in [0.15, 0.2) is 60.0 Å². The van der Waals surface area contributed by atoms with Gasteiger partial charge in [-0.3, -0.25) is 9.69 Å². The minimum Gasteiger partial charge on any atom is -0.475 e. The molecule has 2 aromatic carbocycles. The van der Waals surface area contributed by atoms with Crippen molar-refractivity contribution in [1.29, 1.82) is 0 Å². The number of nitrogens with one attached hydrogen (secondary N) is 1. The fourth-order valence-electron chi connectivity index (χ4n) is 4.19. The van der Waals surface area contributed by atoms with Crippen molar-refractivity contribution in [2.24, 2.45) is 5.92 Å². The number of amides is 1. The first-order chi connectivity index (χ1) is 18.2. The van der Waals surface area contributed by atoms with E-state index in [0.717, 1.165) is 37.2 Å². The lowest BCUT2D eigenvalue weighted by Gasteiger charge is -2.20. The zero-order valence-electron chi connectivity index (χ0n) is 22.0. The van der Waals surface area contributed by atoms with E-state index in [1.165, 1.54) is 34.6 Å². The van der Waals surface area contributed by atoms with Gasteiger partial charge < -0.3 is 10.4 Å². The van der Waals surface area contributed by atoms with Gasteiger partial charge >= 0.3 is 12.1 Å². The minimum absolute atomic E-state index is 0.0473. The highest BCUT2D eigenvalue weighted by atomic mass is 32.1. The van der Waals surface area contributed by atoms with Crippen molar-refractivity contribution in [3.8, 4) is 11.1 Å². The van der Waals surface area contributed by atoms with E-state index in [4.69, 9.17) is 9.90 Å². The van der Waals surface area contributed by atoms with Gasteiger partial charge in [-0.25, -0.2) is 9.18 Å². The van der Waals surface area contributed by atoms with Crippen LogP contribution in [-0.2, 0) is 16.8 Å². The summed E-state index contributed by atoms with van der Waals surface area (Å²) in [5.41, 5.74) is 4.55. The molecule has 4 rings (SSSR count). The van der Waals surface area contributed by atoms with Crippen LogP contribution in [0.5, 0.6) is 0 Å². The fourth-order valence-corrected chi connectivity index (χ4v) is 5.02. The van der Waals surface area contributed by atoms with Crippen LogP contribution in [0.2, 0.25) is 0 Å². The quantitative estimate of drug-likeness (QED) is 0.326. The molecule has 1 aromatic heterocycles. The first kappa shape index (κ1) is 30.3. The van der Waals surface area contributed by atoms with Crippen molar-refractivity contribution in [1.82, 2.24) is 10.2 Å². The molecule has 0 bridgehead atoms. The summed E-state index contributed by atoms with van der Waals surface area (Å²) in [6, 6.07) is 17.3. The molecule has 3 aromatic rings. The van der Waals surface area contributed by atoms with E-state index < -0.39 is 12.1 Å². The second kappa shape index (κ2) is 12.7. The third-order valence-corrected chi connectivity index (χ3v) is 7.30. The van der Waals surface area contributed by atoms with Crippen LogP contribution in [-0.4, -0.2) is 47.7 Å². The predicted molar refractivity (Wildman–Crippen MR) is 144 cm³/mol. The van der Waals surface area contributed by atoms with Gasteiger partial charge in [-0.15, -0.1) is 11.3 Å². The molecule has 2 heterocycles. The Morgan fingerprint density at radius 1 is 1.05 bits per heavy atom. The molecule has 1 aliphatic rings. The van der Waals surface area contributed by atoms with Gasteiger partial charge in [0, 0.05) is 19.6 Å². The largest absolute Gasteiger partial charge is 0.490 e. The molecule has 0 saturated carbocycles. The molecule has 39 heavy (non-hydrogen) atoms. The van der Waals surface area contributed by atoms with Gasteiger partial charge in [0.05, 0.1) is 4.88 Å². The number of carboxylic acid groups (broad SMARTS) is 1. The highest BCUT2D eigenvalue weighted by Crippen LogP contribution is 2.27. The first-order valence-electron chi connectivity index (χ1n) is 12.5. The van der Waals surface area contributed by atoms with E-state index in [1.807, 2.05) is 17.5 Å². The Morgan fingerprint density at radius 2 is 1.72 bits per heavy atom. The van der Waals surface area contributed by atoms with Crippen LogP contribution in [0.3, 0.4) is 0 Å². The van der Waals surface area contributed by atoms with Crippen LogP contribution in [0.25, 0.3) is 11.1 Å². The number of alkyl halides is 3. The molecule has 1 fully saturated rings. The molecular formula is C29H32F4N2O3S. The topological polar surface area (TPSA) is 69.6 Å². The Labute approximate surface area is 229 Å². The molecule has 1 unspecified atom stereocenters. The Bertz CT molecular complexity index is 1270. The average Bonchev–Trinajstić information content (AvgIpc) is 3.52. The number of hydrogen-bond acceptors (Lipinski definition) is 4. The molecule has 1 amide bonds. The molecule has 210 valence electrons. The Hall–Kier alpha value is -3.24. The third-order valence-electron chi connectivity index (χ3n) is 6.37. The predicted octanol–water partition coefficient (Wildman–Crippen LogP) is 6.74. The van der Waals surface area contributed by atoms with Crippen LogP contribution in [0.4, 0.5) is 17.6 Å². The van der Waals surface area contributed by atoms with E-state index in [1.54, 1.807) is 6.07 Å². The fraction of sp³-hybridized carbons (Fsp3) is 0.379. The number of rotatable bonds is 6. The summed E-state index contributed by atoms with van der Waals surface area (Å²) in [6.45, 7) is 10.4. The molecule has 0 aliphatic carbocycles. The SMILES string of the molecule is CC(C)(C)c1ccc(CN2CCC(CNC(=O)c3cc(-c4cccc(F)c4)cs3)C2)cc1.O=C(O)C(F)(F)F. The first-order valence-corrected chi connectivity index (χ1v) is 13.3. The van der Waals surface area contributed by atoms with Crippen molar-refractivity contribution in [2.45, 2.75) is 45.3 Å². The third kappa shape index (κ3) is 9.18. The molecule has 0 radical (unpaired) electrons. The van der Waals surface area contributed by atoms with Gasteiger partial charge in [0.15, 0.2) is 0 Å². The standard InChI is InChI=1S/C27H31FN2OS.C2HF3O2/c1-27(2,3)23-9-7-19(8-10-23)16-30-12-11-20(17-30)15-29-26(31)25-14-22(18-32-25)21-5-4-6-24(28)13-21;3-2(4,5)1(6)7/h4-10,13-14,18,20H,11-12,15-17H2,1-3H3,(H,29,31);(H,6,7). The van der Waals surface area contributed by atoms with Gasteiger partial charge in [0.25, 0.3) is 5.91 Å². The Kier molecular flexibility index (Phi) is 9.90. The smallest absolute Gasteiger partial charge is 0.475 e. The highest BCUT2D eigenvalue weighted by molar-refractivity contribution is 7.12. The summed E-state index contributed by atoms with van der Waals surface area (Å²) in [5.74, 6) is -2.60. The second-order valence-electron chi connectivity index (χ2n) is 10.6. The van der Waals surface area contributed by atoms with Crippen molar-refractivity contribution < 1.29 is 32.3 Å². The van der Waals surface area contributed by atoms with Crippen molar-refractivity contribution in [3.05, 3.63) is 81.8 Å². The van der Waals surface area contributed by atoms with Gasteiger partial charge in [-0.2, -0.15) is 13.2 Å². The van der Waals surface area contributed by atoms with Gasteiger partial charge in [-0.05, 0) is 70.1 Å². The molecule has 1 atom stereocenters. The van der Waals surface area contributed by atoms with Crippen LogP contribution < -0.4 is 5.32 Å². The number of likely N-dealkylation sites (tertiary alicyclic amines) is 1. The van der Waals surface area contributed by atoms with Crippen molar-refractivity contribution in [3.63, 3.8) is 0 Å². The zero-order valence-corrected chi connectivity index (χ0v) is 22.8. The number of carbonyl (C=O) groups excluding carboxylic acids is 1.